The summed E-state index contributed by atoms with van der Waals surface area (Å²) in [4.78, 5) is 3.86. The van der Waals surface area contributed by atoms with Crippen LogP contribution in [0.25, 0.3) is 0 Å². The van der Waals surface area contributed by atoms with Crippen LogP contribution in [0.3, 0.4) is 0 Å². The molecule has 3 heteroatoms. The number of benzene rings is 1. The van der Waals surface area contributed by atoms with Crippen molar-refractivity contribution in [2.24, 2.45) is 10.8 Å². The third-order valence-electron chi connectivity index (χ3n) is 1.72. The molecule has 0 aromatic heterocycles. The van der Waals surface area contributed by atoms with Crippen molar-refractivity contribution in [2.75, 3.05) is 5.01 Å². The number of anilines is 1. The Morgan fingerprint density at radius 3 is 2.62 bits per heavy atom. The van der Waals surface area contributed by atoms with Gasteiger partial charge in [0.1, 0.15) is 0 Å². The van der Waals surface area contributed by atoms with Crippen molar-refractivity contribution in [3.05, 3.63) is 36.5 Å². The first-order valence-electron chi connectivity index (χ1n) is 3.93. The van der Waals surface area contributed by atoms with Crippen LogP contribution in [0.5, 0.6) is 0 Å². The van der Waals surface area contributed by atoms with Gasteiger partial charge in [-0.2, -0.15) is 0 Å². The Kier molecular flexibility index (Phi) is 2.82. The lowest BCUT2D eigenvalue weighted by atomic mass is 10.2. The van der Waals surface area contributed by atoms with Crippen LogP contribution in [0.15, 0.2) is 41.5 Å². The maximum atomic E-state index is 5.76. The van der Waals surface area contributed by atoms with Crippen LogP contribution in [0.1, 0.15) is 6.92 Å². The van der Waals surface area contributed by atoms with Gasteiger partial charge in [-0.15, -0.1) is 0 Å². The zero-order valence-electron chi connectivity index (χ0n) is 7.70. The Hall–Kier alpha value is -1.61. The fraction of sp³-hybridized carbons (Fsp3) is 0.100. The summed E-state index contributed by atoms with van der Waals surface area (Å²) in [6.45, 7) is 9.05. The van der Waals surface area contributed by atoms with Gasteiger partial charge in [0.25, 0.3) is 0 Å². The molecule has 0 aliphatic rings. The molecule has 0 saturated heterocycles. The molecular weight excluding hydrogens is 162 g/mol. The lowest BCUT2D eigenvalue weighted by molar-refractivity contribution is 1.00. The molecule has 0 saturated carbocycles. The number of aliphatic imine (C=N–C) groups is 1. The Labute approximate surface area is 78.2 Å². The van der Waals surface area contributed by atoms with Crippen molar-refractivity contribution in [3.63, 3.8) is 0 Å². The molecule has 3 nitrogen and oxygen atoms in total. The molecular formula is C10H13N3. The van der Waals surface area contributed by atoms with E-state index >= 15 is 0 Å². The summed E-state index contributed by atoms with van der Waals surface area (Å²) in [7, 11) is 0. The van der Waals surface area contributed by atoms with Crippen molar-refractivity contribution in [2.45, 2.75) is 6.92 Å². The van der Waals surface area contributed by atoms with Crippen molar-refractivity contribution in [1.29, 1.82) is 0 Å². The standard InChI is InChI=1S/C10H13N3/c1-8(2)13(11)10-7-5-4-6-9(10)12-3/h4-7H,1,3,11H2,2H3. The molecule has 0 bridgehead atoms. The second-order valence-electron chi connectivity index (χ2n) is 2.75. The van der Waals surface area contributed by atoms with Crippen LogP contribution in [0, 0.1) is 0 Å². The van der Waals surface area contributed by atoms with Gasteiger partial charge in [0.05, 0.1) is 11.4 Å². The number of hydrazine groups is 1. The van der Waals surface area contributed by atoms with E-state index in [-0.39, 0.29) is 0 Å². The van der Waals surface area contributed by atoms with Crippen molar-refractivity contribution < 1.29 is 0 Å². The minimum Gasteiger partial charge on any atom is -0.282 e. The van der Waals surface area contributed by atoms with Gasteiger partial charge in [-0.05, 0) is 25.8 Å². The van der Waals surface area contributed by atoms with E-state index in [1.165, 1.54) is 5.01 Å². The van der Waals surface area contributed by atoms with Crippen molar-refractivity contribution >= 4 is 18.1 Å². The Morgan fingerprint density at radius 1 is 1.46 bits per heavy atom. The molecule has 13 heavy (non-hydrogen) atoms. The minimum absolute atomic E-state index is 0.757. The molecule has 1 rings (SSSR count). The number of allylic oxidation sites excluding steroid dienone is 1. The van der Waals surface area contributed by atoms with E-state index < -0.39 is 0 Å². The maximum absolute atomic E-state index is 5.76. The molecule has 1 aromatic carbocycles. The van der Waals surface area contributed by atoms with Crippen LogP contribution in [-0.2, 0) is 0 Å². The minimum atomic E-state index is 0.757. The van der Waals surface area contributed by atoms with Crippen LogP contribution >= 0.6 is 0 Å². The van der Waals surface area contributed by atoms with Gasteiger partial charge < -0.3 is 0 Å². The van der Waals surface area contributed by atoms with Gasteiger partial charge in [-0.25, -0.2) is 5.84 Å². The lowest BCUT2D eigenvalue weighted by Gasteiger charge is -2.19. The van der Waals surface area contributed by atoms with E-state index in [1.54, 1.807) is 0 Å². The number of hydrogen-bond donors (Lipinski definition) is 1. The largest absolute Gasteiger partial charge is 0.282 e. The van der Waals surface area contributed by atoms with Gasteiger partial charge in [0.2, 0.25) is 0 Å². The zero-order valence-corrected chi connectivity index (χ0v) is 7.70. The third-order valence-corrected chi connectivity index (χ3v) is 1.72. The maximum Gasteiger partial charge on any atom is 0.0873 e. The smallest absolute Gasteiger partial charge is 0.0873 e. The predicted octanol–water partition coefficient (Wildman–Crippen LogP) is 2.23. The fourth-order valence-electron chi connectivity index (χ4n) is 1.01. The average molecular weight is 175 g/mol. The van der Waals surface area contributed by atoms with Crippen LogP contribution < -0.4 is 10.9 Å². The highest BCUT2D eigenvalue weighted by Crippen LogP contribution is 2.27. The fourth-order valence-corrected chi connectivity index (χ4v) is 1.01. The number of nitrogens with two attached hydrogens (primary N) is 1. The number of rotatable bonds is 3. The van der Waals surface area contributed by atoms with E-state index in [1.807, 2.05) is 31.2 Å². The molecule has 0 spiro atoms. The van der Waals surface area contributed by atoms with E-state index in [2.05, 4.69) is 18.3 Å². The summed E-state index contributed by atoms with van der Waals surface area (Å²) in [5.74, 6) is 5.76. The lowest BCUT2D eigenvalue weighted by Crippen LogP contribution is -2.27. The van der Waals surface area contributed by atoms with Crippen molar-refractivity contribution in [1.82, 2.24) is 0 Å². The summed E-state index contributed by atoms with van der Waals surface area (Å²) in [6.07, 6.45) is 0. The Balaban J connectivity index is 3.12. The second kappa shape index (κ2) is 3.87. The highest BCUT2D eigenvalue weighted by atomic mass is 15.4. The molecule has 68 valence electrons. The Bertz CT molecular complexity index is 331. The zero-order chi connectivity index (χ0) is 9.84. The third kappa shape index (κ3) is 1.95. The molecule has 0 amide bonds. The first-order valence-corrected chi connectivity index (χ1v) is 3.93. The predicted molar refractivity (Wildman–Crippen MR) is 57.1 cm³/mol. The SMILES string of the molecule is C=Nc1ccccc1N(N)C(=C)C. The summed E-state index contributed by atoms with van der Waals surface area (Å²) in [6, 6.07) is 7.51. The highest BCUT2D eigenvalue weighted by Gasteiger charge is 2.05. The average Bonchev–Trinajstić information content (AvgIpc) is 2.16. The van der Waals surface area contributed by atoms with Gasteiger partial charge in [0.15, 0.2) is 0 Å². The second-order valence-corrected chi connectivity index (χ2v) is 2.75. The van der Waals surface area contributed by atoms with E-state index in [9.17, 15) is 0 Å². The highest BCUT2D eigenvalue weighted by molar-refractivity contribution is 5.69. The molecule has 2 N–H and O–H groups in total. The van der Waals surface area contributed by atoms with Gasteiger partial charge in [0, 0.05) is 5.70 Å². The molecule has 0 aliphatic carbocycles. The molecule has 0 atom stereocenters. The quantitative estimate of drug-likeness (QED) is 0.435. The number of nitrogens with zero attached hydrogens (tertiary/aromatic N) is 2. The summed E-state index contributed by atoms with van der Waals surface area (Å²) < 4.78 is 0. The topological polar surface area (TPSA) is 41.6 Å². The van der Waals surface area contributed by atoms with Gasteiger partial charge in [-0.3, -0.25) is 10.0 Å². The molecule has 0 fully saturated rings. The molecule has 1 aromatic rings. The van der Waals surface area contributed by atoms with E-state index in [0.717, 1.165) is 17.1 Å². The first kappa shape index (κ1) is 9.48. The van der Waals surface area contributed by atoms with Gasteiger partial charge >= 0.3 is 0 Å². The summed E-state index contributed by atoms with van der Waals surface area (Å²) in [5, 5.41) is 1.49. The van der Waals surface area contributed by atoms with Crippen LogP contribution in [-0.4, -0.2) is 6.72 Å². The number of para-hydroxylation sites is 2. The summed E-state index contributed by atoms with van der Waals surface area (Å²) in [5.41, 5.74) is 2.33. The van der Waals surface area contributed by atoms with E-state index in [0.29, 0.717) is 0 Å². The molecule has 0 aliphatic heterocycles. The van der Waals surface area contributed by atoms with Crippen molar-refractivity contribution in [3.8, 4) is 0 Å². The molecule has 0 heterocycles. The van der Waals surface area contributed by atoms with Crippen LogP contribution in [0.2, 0.25) is 0 Å². The summed E-state index contributed by atoms with van der Waals surface area (Å²) >= 11 is 0. The molecule has 0 radical (unpaired) electrons. The first-order chi connectivity index (χ1) is 6.16. The number of hydrogen-bond acceptors (Lipinski definition) is 3. The van der Waals surface area contributed by atoms with Gasteiger partial charge in [-0.1, -0.05) is 18.7 Å². The van der Waals surface area contributed by atoms with E-state index in [4.69, 9.17) is 5.84 Å². The molecule has 0 unspecified atom stereocenters. The van der Waals surface area contributed by atoms with Crippen LogP contribution in [0.4, 0.5) is 11.4 Å². The Morgan fingerprint density at radius 2 is 2.08 bits per heavy atom. The normalized spacial score (nSPS) is 9.38. The monoisotopic (exact) mass is 175 g/mol.